The lowest BCUT2D eigenvalue weighted by Gasteiger charge is -1.73. The molecule has 0 radical (unpaired) electrons. The molecule has 0 fully saturated rings. The van der Waals surface area contributed by atoms with Gasteiger partial charge in [0.05, 0.1) is 0 Å². The molecule has 0 aliphatic carbocycles. The van der Waals surface area contributed by atoms with Gasteiger partial charge < -0.3 is 4.98 Å². The lowest BCUT2D eigenvalue weighted by Crippen LogP contribution is -1.99. The van der Waals surface area contributed by atoms with Crippen molar-refractivity contribution in [3.63, 3.8) is 0 Å². The van der Waals surface area contributed by atoms with Gasteiger partial charge in [-0.1, -0.05) is 0 Å². The van der Waals surface area contributed by atoms with E-state index in [0.717, 1.165) is 5.52 Å². The van der Waals surface area contributed by atoms with Crippen LogP contribution in [0.15, 0.2) is 12.5 Å². The molecule has 0 atom stereocenters. The number of imidazole rings is 1. The Morgan fingerprint density at radius 3 is 3.27 bits per heavy atom. The number of hydrogen-bond acceptors (Lipinski definition) is 3. The highest BCUT2D eigenvalue weighted by atomic mass is 16.1. The summed E-state index contributed by atoms with van der Waals surface area (Å²) in [7, 11) is 0. The Labute approximate surface area is 61.5 Å². The molecule has 2 aromatic heterocycles. The first kappa shape index (κ1) is 5.96. The maximum absolute atomic E-state index is 10.2. The van der Waals surface area contributed by atoms with Crippen molar-refractivity contribution in [1.29, 1.82) is 0 Å². The van der Waals surface area contributed by atoms with E-state index in [-0.39, 0.29) is 0 Å². The van der Waals surface area contributed by atoms with Crippen LogP contribution >= 0.6 is 0 Å². The molecule has 0 saturated heterocycles. The van der Waals surface area contributed by atoms with E-state index in [0.29, 0.717) is 17.8 Å². The summed E-state index contributed by atoms with van der Waals surface area (Å²) < 4.78 is 0. The third-order valence-electron chi connectivity index (χ3n) is 1.33. The molecule has 0 bridgehead atoms. The highest BCUT2D eigenvalue weighted by molar-refractivity contribution is 5.78. The summed E-state index contributed by atoms with van der Waals surface area (Å²) in [5.74, 6) is 0.298. The molecule has 11 heavy (non-hydrogen) atoms. The zero-order valence-electron chi connectivity index (χ0n) is 5.53. The molecule has 2 N–H and O–H groups in total. The maximum atomic E-state index is 10.2. The van der Waals surface area contributed by atoms with Crippen LogP contribution in [0.3, 0.4) is 0 Å². The smallest absolute Gasteiger partial charge is 0.295 e. The van der Waals surface area contributed by atoms with E-state index in [1.165, 1.54) is 6.33 Å². The Kier molecular flexibility index (Phi) is 1.15. The Hall–Kier alpha value is -1.78. The zero-order chi connectivity index (χ0) is 7.68. The molecule has 2 rings (SSSR count). The summed E-state index contributed by atoms with van der Waals surface area (Å²) in [4.78, 5) is 23.6. The number of nitrogens with zero attached hydrogens (tertiary/aromatic N) is 2. The molecule has 0 spiro atoms. The van der Waals surface area contributed by atoms with Crippen LogP contribution < -0.4 is 4.98 Å². The van der Waals surface area contributed by atoms with E-state index in [2.05, 4.69) is 19.9 Å². The van der Waals surface area contributed by atoms with Crippen molar-refractivity contribution in [3.8, 4) is 0 Å². The fraction of sp³-hybridized carbons (Fsp3) is 0. The predicted octanol–water partition coefficient (Wildman–Crippen LogP) is -0.416. The number of aromatic nitrogens is 4. The normalized spacial score (nSPS) is 10.2. The van der Waals surface area contributed by atoms with Gasteiger partial charge in [-0.05, 0) is 4.98 Å². The number of rotatable bonds is 1. The van der Waals surface area contributed by atoms with Gasteiger partial charge in [-0.25, -0.2) is 4.98 Å². The number of aromatic amines is 2. The lowest BCUT2D eigenvalue weighted by atomic mass is 10.6. The predicted molar refractivity (Wildman–Crippen MR) is 35.8 cm³/mol. The van der Waals surface area contributed by atoms with Gasteiger partial charge in [0.15, 0.2) is 17.6 Å². The van der Waals surface area contributed by atoms with Gasteiger partial charge in [0.1, 0.15) is 6.20 Å². The summed E-state index contributed by atoms with van der Waals surface area (Å²) in [6, 6.07) is 0. The minimum Gasteiger partial charge on any atom is -0.329 e. The first-order valence-corrected chi connectivity index (χ1v) is 3.07. The van der Waals surface area contributed by atoms with Crippen molar-refractivity contribution in [2.75, 3.05) is 0 Å². The van der Waals surface area contributed by atoms with Crippen LogP contribution in [0.25, 0.3) is 11.2 Å². The second kappa shape index (κ2) is 2.12. The van der Waals surface area contributed by atoms with Gasteiger partial charge >= 0.3 is 0 Å². The molecule has 0 unspecified atom stereocenters. The van der Waals surface area contributed by atoms with Gasteiger partial charge in [-0.3, -0.25) is 4.79 Å². The molecular weight excluding hydrogens is 144 g/mol. The molecule has 5 heteroatoms. The average Bonchev–Trinajstić information content (AvgIpc) is 2.46. The number of aldehydes is 1. The van der Waals surface area contributed by atoms with E-state index in [9.17, 15) is 4.79 Å². The maximum Gasteiger partial charge on any atom is 0.295 e. The number of carbonyl (C=O) groups is 1. The first-order valence-electron chi connectivity index (χ1n) is 3.07. The third-order valence-corrected chi connectivity index (χ3v) is 1.33. The van der Waals surface area contributed by atoms with Crippen LogP contribution in [0.5, 0.6) is 0 Å². The second-order valence-electron chi connectivity index (χ2n) is 2.05. The van der Waals surface area contributed by atoms with Gasteiger partial charge in [0.2, 0.25) is 0 Å². The Morgan fingerprint density at radius 1 is 1.64 bits per heavy atom. The van der Waals surface area contributed by atoms with E-state index >= 15 is 0 Å². The Morgan fingerprint density at radius 2 is 2.55 bits per heavy atom. The molecule has 5 nitrogen and oxygen atoms in total. The Balaban J connectivity index is 2.78. The number of hydrogen-bond donors (Lipinski definition) is 1. The standard InChI is InChI=1S/C6H4N4O/c11-2-5-9-4-1-7-3-8-6(4)10-5/h1-3H,(H,7,8,9,10)/p+1. The van der Waals surface area contributed by atoms with Crippen LogP contribution in [0.2, 0.25) is 0 Å². The van der Waals surface area contributed by atoms with Crippen molar-refractivity contribution in [3.05, 3.63) is 18.3 Å². The molecule has 0 saturated carbocycles. The molecule has 0 aliphatic heterocycles. The van der Waals surface area contributed by atoms with Crippen LogP contribution in [-0.2, 0) is 0 Å². The fourth-order valence-electron chi connectivity index (χ4n) is 0.870. The zero-order valence-corrected chi connectivity index (χ0v) is 5.53. The third kappa shape index (κ3) is 0.861. The van der Waals surface area contributed by atoms with E-state index in [4.69, 9.17) is 0 Å². The summed E-state index contributed by atoms with van der Waals surface area (Å²) in [5, 5.41) is 0. The highest BCUT2D eigenvalue weighted by Gasteiger charge is 2.05. The molecule has 0 amide bonds. The molecule has 54 valence electrons. The minimum atomic E-state index is 0.298. The first-order chi connectivity index (χ1) is 5.40. The molecule has 2 aromatic rings. The van der Waals surface area contributed by atoms with Crippen molar-refractivity contribution in [2.45, 2.75) is 0 Å². The van der Waals surface area contributed by atoms with Crippen molar-refractivity contribution < 1.29 is 9.78 Å². The molecule has 2 heterocycles. The van der Waals surface area contributed by atoms with Crippen LogP contribution in [0.4, 0.5) is 0 Å². The SMILES string of the molecule is O=Cc1nc2nc[nH+]cc2[nH]1. The molecule has 0 aliphatic rings. The lowest BCUT2D eigenvalue weighted by molar-refractivity contribution is -0.380. The van der Waals surface area contributed by atoms with E-state index in [1.807, 2.05) is 0 Å². The summed E-state index contributed by atoms with van der Waals surface area (Å²) in [6.45, 7) is 0. The average molecular weight is 149 g/mol. The minimum absolute atomic E-state index is 0.298. The van der Waals surface area contributed by atoms with Crippen molar-refractivity contribution >= 4 is 17.5 Å². The van der Waals surface area contributed by atoms with E-state index < -0.39 is 0 Å². The number of carbonyl (C=O) groups excluding carboxylic acids is 1. The monoisotopic (exact) mass is 149 g/mol. The van der Waals surface area contributed by atoms with Gasteiger partial charge in [-0.2, -0.15) is 4.98 Å². The number of nitrogens with one attached hydrogen (secondary N) is 2. The van der Waals surface area contributed by atoms with Crippen LogP contribution in [-0.4, -0.2) is 21.2 Å². The summed E-state index contributed by atoms with van der Waals surface area (Å²) >= 11 is 0. The Bertz CT molecular complexity index is 361. The second-order valence-corrected chi connectivity index (χ2v) is 2.05. The van der Waals surface area contributed by atoms with Gasteiger partial charge in [0, 0.05) is 0 Å². The van der Waals surface area contributed by atoms with Crippen LogP contribution in [0, 0.1) is 0 Å². The number of fused-ring (bicyclic) bond motifs is 1. The quantitative estimate of drug-likeness (QED) is 0.560. The van der Waals surface area contributed by atoms with Crippen molar-refractivity contribution in [1.82, 2.24) is 15.0 Å². The van der Waals surface area contributed by atoms with Crippen molar-refractivity contribution in [2.24, 2.45) is 0 Å². The fourth-order valence-corrected chi connectivity index (χ4v) is 0.870. The van der Waals surface area contributed by atoms with E-state index in [1.54, 1.807) is 6.20 Å². The summed E-state index contributed by atoms with van der Waals surface area (Å²) in [6.07, 6.45) is 3.86. The molecular formula is C6H5N4O+. The van der Waals surface area contributed by atoms with Gasteiger partial charge in [-0.15, -0.1) is 0 Å². The number of H-pyrrole nitrogens is 2. The van der Waals surface area contributed by atoms with Gasteiger partial charge in [0.25, 0.3) is 12.0 Å². The van der Waals surface area contributed by atoms with Crippen LogP contribution in [0.1, 0.15) is 10.6 Å². The topological polar surface area (TPSA) is 72.8 Å². The molecule has 0 aromatic carbocycles. The highest BCUT2D eigenvalue weighted by Crippen LogP contribution is 2.01. The summed E-state index contributed by atoms with van der Waals surface area (Å²) in [5.41, 5.74) is 1.28. The largest absolute Gasteiger partial charge is 0.329 e.